The molecule has 0 saturated heterocycles. The Morgan fingerprint density at radius 1 is 1.62 bits per heavy atom. The van der Waals surface area contributed by atoms with E-state index in [9.17, 15) is 4.79 Å². The number of guanidine groups is 1. The first-order chi connectivity index (χ1) is 6.07. The topological polar surface area (TPSA) is 102 Å². The highest BCUT2D eigenvalue weighted by Crippen LogP contribution is 2.22. The van der Waals surface area contributed by atoms with Crippen molar-refractivity contribution in [2.45, 2.75) is 18.1 Å². The number of aliphatic carboxylic acids is 1. The summed E-state index contributed by atoms with van der Waals surface area (Å²) in [6, 6.07) is 0. The number of carbonyl (C=O) groups is 1. The van der Waals surface area contributed by atoms with Gasteiger partial charge >= 0.3 is 5.97 Å². The van der Waals surface area contributed by atoms with E-state index in [2.05, 4.69) is 19.8 Å². The molecule has 1 unspecified atom stereocenters. The van der Waals surface area contributed by atoms with Crippen molar-refractivity contribution in [3.8, 4) is 0 Å². The van der Waals surface area contributed by atoms with Crippen LogP contribution >= 0.6 is 25.0 Å². The molecule has 5 nitrogen and oxygen atoms in total. The van der Waals surface area contributed by atoms with Gasteiger partial charge in [0.2, 0.25) is 0 Å². The maximum atomic E-state index is 10.5. The van der Waals surface area contributed by atoms with Crippen molar-refractivity contribution >= 4 is 36.9 Å². The highest BCUT2D eigenvalue weighted by atomic mass is 79.9. The third-order valence-corrected chi connectivity index (χ3v) is 3.31. The third kappa shape index (κ3) is 6.71. The van der Waals surface area contributed by atoms with Crippen molar-refractivity contribution in [2.24, 2.45) is 16.5 Å². The summed E-state index contributed by atoms with van der Waals surface area (Å²) in [6.45, 7) is 0.472. The molecule has 0 aliphatic carbocycles. The van der Waals surface area contributed by atoms with Crippen molar-refractivity contribution in [1.82, 2.24) is 0 Å². The van der Waals surface area contributed by atoms with Gasteiger partial charge < -0.3 is 16.6 Å². The normalized spacial score (nSPS) is 12.1. The Hall–Kier alpha value is -0.430. The molecular formula is C6H12BrN3O2S. The number of hydrogen-bond donors (Lipinski definition) is 3. The molecule has 0 spiro atoms. The summed E-state index contributed by atoms with van der Waals surface area (Å²) in [7, 11) is 1.14. The lowest BCUT2D eigenvalue weighted by atomic mass is 10.2. The molecule has 76 valence electrons. The fraction of sp³-hybridized carbons (Fsp3) is 0.667. The number of nitrogens with two attached hydrogens (primary N) is 2. The van der Waals surface area contributed by atoms with Crippen LogP contribution in [0.15, 0.2) is 4.99 Å². The number of halogens is 1. The minimum absolute atomic E-state index is 0.0402. The van der Waals surface area contributed by atoms with Crippen molar-refractivity contribution in [3.05, 3.63) is 0 Å². The summed E-state index contributed by atoms with van der Waals surface area (Å²) >= 11 is 3.05. The molecule has 0 aromatic rings. The van der Waals surface area contributed by atoms with Crippen LogP contribution in [-0.4, -0.2) is 28.8 Å². The lowest BCUT2D eigenvalue weighted by Gasteiger charge is -2.05. The highest BCUT2D eigenvalue weighted by Gasteiger charge is 2.15. The number of aliphatic imine (C=N–C) groups is 1. The summed E-state index contributed by atoms with van der Waals surface area (Å²) in [5, 5.41) is 8.21. The first-order valence-electron chi connectivity index (χ1n) is 3.63. The monoisotopic (exact) mass is 269 g/mol. The number of carboxylic acids is 1. The van der Waals surface area contributed by atoms with Crippen LogP contribution < -0.4 is 11.5 Å². The van der Waals surface area contributed by atoms with Crippen LogP contribution in [0.1, 0.15) is 12.8 Å². The zero-order chi connectivity index (χ0) is 10.3. The summed E-state index contributed by atoms with van der Waals surface area (Å²) in [4.78, 5) is 14.3. The molecule has 13 heavy (non-hydrogen) atoms. The van der Waals surface area contributed by atoms with Gasteiger partial charge in [0.15, 0.2) is 5.96 Å². The first kappa shape index (κ1) is 12.6. The van der Waals surface area contributed by atoms with Crippen molar-refractivity contribution < 1.29 is 9.90 Å². The second kappa shape index (κ2) is 7.02. The molecule has 0 bridgehead atoms. The molecule has 0 fully saturated rings. The average molecular weight is 270 g/mol. The molecule has 0 saturated carbocycles. The van der Waals surface area contributed by atoms with E-state index in [-0.39, 0.29) is 5.96 Å². The first-order valence-corrected chi connectivity index (χ1v) is 6.35. The van der Waals surface area contributed by atoms with Gasteiger partial charge in [0.25, 0.3) is 0 Å². The smallest absolute Gasteiger partial charge is 0.317 e. The largest absolute Gasteiger partial charge is 0.480 e. The summed E-state index contributed by atoms with van der Waals surface area (Å²) in [5.74, 6) is -0.787. The predicted octanol–water partition coefficient (Wildman–Crippen LogP) is 0.536. The summed E-state index contributed by atoms with van der Waals surface area (Å²) < 4.78 is 0. The van der Waals surface area contributed by atoms with Crippen LogP contribution in [0.4, 0.5) is 0 Å². The SMILES string of the molecule is NC(N)=NCCCC(SBr)C(=O)O. The Kier molecular flexibility index (Phi) is 6.79. The summed E-state index contributed by atoms with van der Waals surface area (Å²) in [6.07, 6.45) is 1.20. The van der Waals surface area contributed by atoms with Crippen molar-refractivity contribution in [2.75, 3.05) is 6.54 Å². The zero-order valence-corrected chi connectivity index (χ0v) is 9.34. The molecule has 0 amide bonds. The van der Waals surface area contributed by atoms with Gasteiger partial charge in [-0.1, -0.05) is 10.2 Å². The van der Waals surface area contributed by atoms with Gasteiger partial charge in [-0.15, -0.1) is 0 Å². The second-order valence-corrected chi connectivity index (χ2v) is 4.23. The van der Waals surface area contributed by atoms with Crippen LogP contribution in [0.25, 0.3) is 0 Å². The lowest BCUT2D eigenvalue weighted by Crippen LogP contribution is -2.23. The molecule has 0 rings (SSSR count). The zero-order valence-electron chi connectivity index (χ0n) is 6.94. The van der Waals surface area contributed by atoms with Gasteiger partial charge in [0.05, 0.1) is 0 Å². The molecule has 0 aliphatic heterocycles. The van der Waals surface area contributed by atoms with E-state index < -0.39 is 11.2 Å². The van der Waals surface area contributed by atoms with Gasteiger partial charge in [-0.25, -0.2) is 0 Å². The van der Waals surface area contributed by atoms with Crippen LogP contribution in [0.5, 0.6) is 0 Å². The molecule has 0 heterocycles. The molecule has 5 N–H and O–H groups in total. The van der Waals surface area contributed by atoms with Gasteiger partial charge in [0.1, 0.15) is 5.25 Å². The quantitative estimate of drug-likeness (QED) is 0.371. The number of hydrogen-bond acceptors (Lipinski definition) is 3. The molecular weight excluding hydrogens is 258 g/mol. The maximum absolute atomic E-state index is 10.5. The molecule has 0 aromatic carbocycles. The van der Waals surface area contributed by atoms with Gasteiger partial charge in [-0.3, -0.25) is 9.79 Å². The Morgan fingerprint density at radius 2 is 2.23 bits per heavy atom. The minimum Gasteiger partial charge on any atom is -0.480 e. The molecule has 7 heteroatoms. The average Bonchev–Trinajstić information content (AvgIpc) is 2.03. The van der Waals surface area contributed by atoms with E-state index >= 15 is 0 Å². The van der Waals surface area contributed by atoms with Gasteiger partial charge in [0, 0.05) is 6.54 Å². The van der Waals surface area contributed by atoms with Crippen LogP contribution in [0.3, 0.4) is 0 Å². The number of nitrogens with zero attached hydrogens (tertiary/aromatic N) is 1. The Labute approximate surface area is 88.2 Å². The third-order valence-electron chi connectivity index (χ3n) is 1.30. The fourth-order valence-electron chi connectivity index (χ4n) is 0.691. The Morgan fingerprint density at radius 3 is 2.62 bits per heavy atom. The Balaban J connectivity index is 3.62. The highest BCUT2D eigenvalue weighted by molar-refractivity contribution is 9.50. The van der Waals surface area contributed by atoms with Crippen molar-refractivity contribution in [1.29, 1.82) is 0 Å². The molecule has 0 radical (unpaired) electrons. The molecule has 0 aliphatic rings. The number of rotatable bonds is 6. The van der Waals surface area contributed by atoms with Gasteiger partial charge in [-0.05, 0) is 27.7 Å². The van der Waals surface area contributed by atoms with Crippen LogP contribution in [0, 0.1) is 0 Å². The lowest BCUT2D eigenvalue weighted by molar-refractivity contribution is -0.136. The minimum atomic E-state index is -0.827. The van der Waals surface area contributed by atoms with Crippen LogP contribution in [-0.2, 0) is 4.79 Å². The van der Waals surface area contributed by atoms with E-state index in [4.69, 9.17) is 16.6 Å². The van der Waals surface area contributed by atoms with E-state index in [1.807, 2.05) is 0 Å². The predicted molar refractivity (Wildman–Crippen MR) is 57.9 cm³/mol. The van der Waals surface area contributed by atoms with Crippen LogP contribution in [0.2, 0.25) is 0 Å². The Bertz CT molecular complexity index is 196. The molecule has 0 aromatic heterocycles. The standard InChI is InChI=1S/C6H12BrN3O2S/c7-13-4(5(11)12)2-1-3-10-6(8)9/h4H,1-3H2,(H,11,12)(H4,8,9,10). The van der Waals surface area contributed by atoms with E-state index in [0.717, 1.165) is 10.2 Å². The fourth-order valence-corrected chi connectivity index (χ4v) is 2.06. The second-order valence-electron chi connectivity index (χ2n) is 2.36. The maximum Gasteiger partial charge on any atom is 0.317 e. The van der Waals surface area contributed by atoms with Gasteiger partial charge in [-0.2, -0.15) is 0 Å². The van der Waals surface area contributed by atoms with Crippen molar-refractivity contribution in [3.63, 3.8) is 0 Å². The van der Waals surface area contributed by atoms with E-state index in [1.54, 1.807) is 0 Å². The van der Waals surface area contributed by atoms with E-state index in [0.29, 0.717) is 19.4 Å². The number of carboxylic acid groups (broad SMARTS) is 1. The molecule has 1 atom stereocenters. The van der Waals surface area contributed by atoms with E-state index in [1.165, 1.54) is 0 Å². The summed E-state index contributed by atoms with van der Waals surface area (Å²) in [5.41, 5.74) is 10.2.